The summed E-state index contributed by atoms with van der Waals surface area (Å²) in [5, 5.41) is 15.9. The zero-order valence-electron chi connectivity index (χ0n) is 27.0. The van der Waals surface area contributed by atoms with Gasteiger partial charge in [0.05, 0.1) is 23.2 Å². The quantitative estimate of drug-likeness (QED) is 0.144. The molecule has 0 saturated carbocycles. The fourth-order valence-electron chi connectivity index (χ4n) is 6.51. The maximum atomic E-state index is 13.4. The second kappa shape index (κ2) is 16.2. The summed E-state index contributed by atoms with van der Waals surface area (Å²) in [5.41, 5.74) is 10.1. The van der Waals surface area contributed by atoms with Crippen LogP contribution in [0.5, 0.6) is 0 Å². The third kappa shape index (κ3) is 8.41. The number of benzene rings is 3. The summed E-state index contributed by atoms with van der Waals surface area (Å²) < 4.78 is 0. The zero-order chi connectivity index (χ0) is 32.3. The minimum absolute atomic E-state index is 0.0293. The summed E-state index contributed by atoms with van der Waals surface area (Å²) in [6.45, 7) is 5.47. The van der Waals surface area contributed by atoms with Crippen molar-refractivity contribution in [1.82, 2.24) is 14.8 Å². The molecule has 1 aliphatic rings. The van der Waals surface area contributed by atoms with Gasteiger partial charge in [-0.2, -0.15) is 5.26 Å². The number of carbonyl (C=O) groups is 2. The summed E-state index contributed by atoms with van der Waals surface area (Å²) in [7, 11) is 0. The Hall–Kier alpha value is -4.48. The van der Waals surface area contributed by atoms with E-state index in [1.54, 1.807) is 12.3 Å². The van der Waals surface area contributed by atoms with Crippen LogP contribution in [-0.4, -0.2) is 65.4 Å². The Morgan fingerprint density at radius 3 is 2.41 bits per heavy atom. The topological polar surface area (TPSA) is 115 Å². The van der Waals surface area contributed by atoms with Gasteiger partial charge in [-0.15, -0.1) is 0 Å². The zero-order valence-corrected chi connectivity index (χ0v) is 27.0. The fourth-order valence-corrected chi connectivity index (χ4v) is 6.51. The van der Waals surface area contributed by atoms with Crippen molar-refractivity contribution in [3.8, 4) is 6.07 Å². The van der Waals surface area contributed by atoms with Crippen molar-refractivity contribution < 1.29 is 9.59 Å². The number of anilines is 1. The highest BCUT2D eigenvalue weighted by atomic mass is 16.2. The number of pyridine rings is 1. The number of hydrogen-bond donors (Lipinski definition) is 2. The largest absolute Gasteiger partial charge is 0.384 e. The van der Waals surface area contributed by atoms with Crippen LogP contribution in [0.1, 0.15) is 79.8 Å². The Kier molecular flexibility index (Phi) is 11.6. The van der Waals surface area contributed by atoms with Gasteiger partial charge in [0.15, 0.2) is 0 Å². The molecular weight excluding hydrogens is 572 g/mol. The molecule has 2 amide bonds. The predicted molar refractivity (Wildman–Crippen MR) is 186 cm³/mol. The summed E-state index contributed by atoms with van der Waals surface area (Å²) >= 11 is 0. The molecular formula is C38H46N6O2. The third-order valence-corrected chi connectivity index (χ3v) is 9.20. The Morgan fingerprint density at radius 2 is 1.65 bits per heavy atom. The standard InChI is InChI=1S/C38H46N6O2/c1-2-3-4-5-6-7-8-9-36(37(40)45)43-20-22-44(23-21-43)38(46)32-14-13-30-24-28(10-12-31(30)26-32)16-18-41-35-17-19-42-34-15-11-29(27-39)25-33(34)35/h10-15,17,19,24-26,36H,2-9,16,18,20-23H2,1H3,(H2,40,45)(H,41,42)/t36-/m0/s1. The molecule has 0 spiro atoms. The van der Waals surface area contributed by atoms with Crippen molar-refractivity contribution in [2.45, 2.75) is 70.8 Å². The second-order valence-electron chi connectivity index (χ2n) is 12.4. The van der Waals surface area contributed by atoms with Gasteiger partial charge in [-0.05, 0) is 65.6 Å². The van der Waals surface area contributed by atoms with E-state index in [0.29, 0.717) is 37.3 Å². The van der Waals surface area contributed by atoms with Crippen molar-refractivity contribution in [2.75, 3.05) is 38.0 Å². The molecule has 1 fully saturated rings. The van der Waals surface area contributed by atoms with Crippen LogP contribution in [0, 0.1) is 11.3 Å². The Balaban J connectivity index is 1.12. The smallest absolute Gasteiger partial charge is 0.253 e. The average molecular weight is 619 g/mol. The number of nitrogens with one attached hydrogen (secondary N) is 1. The number of nitrogens with zero attached hydrogens (tertiary/aromatic N) is 4. The number of unbranched alkanes of at least 4 members (excludes halogenated alkanes) is 6. The van der Waals surface area contributed by atoms with Crippen LogP contribution in [0.25, 0.3) is 21.7 Å². The first-order valence-corrected chi connectivity index (χ1v) is 16.8. The first kappa shape index (κ1) is 32.9. The van der Waals surface area contributed by atoms with Gasteiger partial charge in [0.25, 0.3) is 5.91 Å². The van der Waals surface area contributed by atoms with Crippen LogP contribution in [0.3, 0.4) is 0 Å². The Morgan fingerprint density at radius 1 is 0.913 bits per heavy atom. The number of hydrogen-bond acceptors (Lipinski definition) is 6. The van der Waals surface area contributed by atoms with Gasteiger partial charge in [-0.25, -0.2) is 0 Å². The lowest BCUT2D eigenvalue weighted by Gasteiger charge is -2.38. The van der Waals surface area contributed by atoms with Crippen molar-refractivity contribution >= 4 is 39.2 Å². The summed E-state index contributed by atoms with van der Waals surface area (Å²) in [5.74, 6) is -0.225. The van der Waals surface area contributed by atoms with E-state index < -0.39 is 0 Å². The third-order valence-electron chi connectivity index (χ3n) is 9.20. The molecule has 5 rings (SSSR count). The van der Waals surface area contributed by atoms with Gasteiger partial charge in [0, 0.05) is 55.6 Å². The highest BCUT2D eigenvalue weighted by Gasteiger charge is 2.29. The molecule has 46 heavy (non-hydrogen) atoms. The van der Waals surface area contributed by atoms with Gasteiger partial charge in [-0.3, -0.25) is 19.5 Å². The second-order valence-corrected chi connectivity index (χ2v) is 12.4. The number of carbonyl (C=O) groups excluding carboxylic acids is 2. The number of rotatable bonds is 15. The van der Waals surface area contributed by atoms with E-state index in [0.717, 1.165) is 59.6 Å². The van der Waals surface area contributed by atoms with E-state index >= 15 is 0 Å². The highest BCUT2D eigenvalue weighted by molar-refractivity contribution is 5.99. The molecule has 1 saturated heterocycles. The van der Waals surface area contributed by atoms with Crippen molar-refractivity contribution in [2.24, 2.45) is 5.73 Å². The Bertz CT molecular complexity index is 1690. The van der Waals surface area contributed by atoms with E-state index in [-0.39, 0.29) is 17.9 Å². The van der Waals surface area contributed by atoms with Gasteiger partial charge in [-0.1, -0.05) is 76.1 Å². The highest BCUT2D eigenvalue weighted by Crippen LogP contribution is 2.24. The number of fused-ring (bicyclic) bond motifs is 2. The molecule has 3 aromatic carbocycles. The molecule has 4 aromatic rings. The lowest BCUT2D eigenvalue weighted by Crippen LogP contribution is -2.55. The number of amides is 2. The molecule has 240 valence electrons. The van der Waals surface area contributed by atoms with Crippen molar-refractivity contribution in [3.05, 3.63) is 83.6 Å². The normalized spacial score (nSPS) is 14.3. The lowest BCUT2D eigenvalue weighted by molar-refractivity contribution is -0.124. The van der Waals surface area contributed by atoms with Gasteiger partial charge < -0.3 is 16.0 Å². The molecule has 3 N–H and O–H groups in total. The number of piperazine rings is 1. The number of primary amides is 1. The maximum absolute atomic E-state index is 13.4. The maximum Gasteiger partial charge on any atom is 0.253 e. The number of nitrogens with two attached hydrogens (primary N) is 1. The summed E-state index contributed by atoms with van der Waals surface area (Å²) in [6, 6.07) is 21.7. The molecule has 8 nitrogen and oxygen atoms in total. The minimum atomic E-state index is -0.254. The van der Waals surface area contributed by atoms with Crippen LogP contribution in [-0.2, 0) is 11.2 Å². The average Bonchev–Trinajstić information content (AvgIpc) is 3.08. The van der Waals surface area contributed by atoms with E-state index in [1.807, 2.05) is 41.3 Å². The molecule has 1 atom stereocenters. The molecule has 0 radical (unpaired) electrons. The van der Waals surface area contributed by atoms with Crippen LogP contribution in [0.2, 0.25) is 0 Å². The van der Waals surface area contributed by atoms with Crippen LogP contribution < -0.4 is 11.1 Å². The summed E-state index contributed by atoms with van der Waals surface area (Å²) in [4.78, 5) is 34.2. The van der Waals surface area contributed by atoms with Gasteiger partial charge in [0.1, 0.15) is 0 Å². The minimum Gasteiger partial charge on any atom is -0.384 e. The van der Waals surface area contributed by atoms with Gasteiger partial charge >= 0.3 is 0 Å². The first-order chi connectivity index (χ1) is 22.5. The molecule has 0 aliphatic carbocycles. The number of aromatic nitrogens is 1. The molecule has 1 aromatic heterocycles. The van der Waals surface area contributed by atoms with Crippen LogP contribution in [0.4, 0.5) is 5.69 Å². The molecule has 8 heteroatoms. The monoisotopic (exact) mass is 618 g/mol. The first-order valence-electron chi connectivity index (χ1n) is 16.8. The predicted octanol–water partition coefficient (Wildman–Crippen LogP) is 6.67. The summed E-state index contributed by atoms with van der Waals surface area (Å²) in [6.07, 6.45) is 11.9. The molecule has 0 bridgehead atoms. The van der Waals surface area contributed by atoms with Gasteiger partial charge in [0.2, 0.25) is 5.91 Å². The molecule has 2 heterocycles. The van der Waals surface area contributed by atoms with E-state index in [1.165, 1.54) is 37.7 Å². The van der Waals surface area contributed by atoms with Crippen molar-refractivity contribution in [3.63, 3.8) is 0 Å². The van der Waals surface area contributed by atoms with E-state index in [9.17, 15) is 14.9 Å². The van der Waals surface area contributed by atoms with Crippen LogP contribution in [0.15, 0.2) is 66.9 Å². The van der Waals surface area contributed by atoms with E-state index in [4.69, 9.17) is 5.73 Å². The van der Waals surface area contributed by atoms with Crippen LogP contribution >= 0.6 is 0 Å². The SMILES string of the molecule is CCCCCCCCC[C@@H](C(N)=O)N1CCN(C(=O)c2ccc3cc(CCNc4ccnc5ccc(C#N)cc45)ccc3c2)CC1. The molecule has 0 unspecified atom stereocenters. The number of nitriles is 1. The fraction of sp³-hybridized carbons (Fsp3) is 0.421. The molecule has 1 aliphatic heterocycles. The van der Waals surface area contributed by atoms with Crippen molar-refractivity contribution in [1.29, 1.82) is 5.26 Å². The lowest BCUT2D eigenvalue weighted by atomic mass is 10.0. The Labute approximate surface area is 272 Å². The van der Waals surface area contributed by atoms with E-state index in [2.05, 4.69) is 46.4 Å².